The lowest BCUT2D eigenvalue weighted by molar-refractivity contribution is -0.147. The maximum Gasteiger partial charge on any atom is 0.302 e. The van der Waals surface area contributed by atoms with Gasteiger partial charge in [0.25, 0.3) is 0 Å². The van der Waals surface area contributed by atoms with E-state index in [-0.39, 0.29) is 52.2 Å². The molecule has 0 aliphatic rings. The maximum absolute atomic E-state index is 10.9. The number of rotatable bonds is 18. The first-order valence-electron chi connectivity index (χ1n) is 9.96. The molecule has 0 amide bonds. The van der Waals surface area contributed by atoms with E-state index in [1.54, 1.807) is 6.92 Å². The van der Waals surface area contributed by atoms with Crippen molar-refractivity contribution in [3.8, 4) is 0 Å². The Morgan fingerprint density at radius 2 is 1.34 bits per heavy atom. The Morgan fingerprint density at radius 3 is 1.83 bits per heavy atom. The number of hydrogen-bond acceptors (Lipinski definition) is 10. The van der Waals surface area contributed by atoms with Crippen molar-refractivity contribution in [1.29, 1.82) is 0 Å². The molecule has 5 N–H and O–H groups in total. The Hall–Kier alpha value is -0.850. The molecule has 0 fully saturated rings. The van der Waals surface area contributed by atoms with Gasteiger partial charge >= 0.3 is 5.97 Å². The van der Waals surface area contributed by atoms with Crippen LogP contribution in [0.4, 0.5) is 0 Å². The zero-order valence-corrected chi connectivity index (χ0v) is 17.6. The molecule has 0 aliphatic carbocycles. The summed E-state index contributed by atoms with van der Waals surface area (Å²) < 4.78 is 21.5. The van der Waals surface area contributed by atoms with Gasteiger partial charge in [0.1, 0.15) is 24.4 Å². The van der Waals surface area contributed by atoms with Gasteiger partial charge in [-0.2, -0.15) is 0 Å². The van der Waals surface area contributed by atoms with Crippen LogP contribution < -0.4 is 0 Å². The van der Waals surface area contributed by atoms with Crippen molar-refractivity contribution in [2.24, 2.45) is 0 Å². The first kappa shape index (κ1) is 28.1. The highest BCUT2D eigenvalue weighted by molar-refractivity contribution is 5.66. The number of hydrogen-bond donors (Lipinski definition) is 5. The van der Waals surface area contributed by atoms with Crippen molar-refractivity contribution in [2.45, 2.75) is 76.7 Å². The monoisotopic (exact) mass is 426 g/mol. The second-order valence-corrected chi connectivity index (χ2v) is 6.97. The molecule has 0 saturated carbocycles. The SMILES string of the molecule is CCC(CC(O)CC(C)OC(C)=O)OC(CO)COC(CO)COC(CO)CO. The van der Waals surface area contributed by atoms with Crippen LogP contribution in [0.1, 0.15) is 40.0 Å². The minimum Gasteiger partial charge on any atom is -0.463 e. The van der Waals surface area contributed by atoms with Gasteiger partial charge in [0.15, 0.2) is 0 Å². The summed E-state index contributed by atoms with van der Waals surface area (Å²) in [5.74, 6) is -0.405. The summed E-state index contributed by atoms with van der Waals surface area (Å²) in [5, 5.41) is 47.0. The molecule has 0 saturated heterocycles. The molecule has 10 heteroatoms. The summed E-state index contributed by atoms with van der Waals surface area (Å²) in [4.78, 5) is 10.9. The van der Waals surface area contributed by atoms with E-state index in [9.17, 15) is 20.1 Å². The van der Waals surface area contributed by atoms with Crippen LogP contribution in [0, 0.1) is 0 Å². The van der Waals surface area contributed by atoms with Crippen LogP contribution in [0.25, 0.3) is 0 Å². The predicted octanol–water partition coefficient (Wildman–Crippen LogP) is -1.02. The first-order valence-corrected chi connectivity index (χ1v) is 9.96. The van der Waals surface area contributed by atoms with Crippen molar-refractivity contribution >= 4 is 5.97 Å². The molecule has 10 nitrogen and oxygen atoms in total. The van der Waals surface area contributed by atoms with Crippen LogP contribution in [0.3, 0.4) is 0 Å². The molecule has 0 aromatic rings. The lowest BCUT2D eigenvalue weighted by Crippen LogP contribution is -2.36. The summed E-state index contributed by atoms with van der Waals surface area (Å²) in [6.07, 6.45) is -2.44. The van der Waals surface area contributed by atoms with Gasteiger partial charge in [-0.15, -0.1) is 0 Å². The van der Waals surface area contributed by atoms with Crippen molar-refractivity contribution < 1.29 is 49.3 Å². The summed E-state index contributed by atoms with van der Waals surface area (Å²) >= 11 is 0. The summed E-state index contributed by atoms with van der Waals surface area (Å²) in [6, 6.07) is 0. The minimum absolute atomic E-state index is 0.00948. The van der Waals surface area contributed by atoms with Gasteiger partial charge in [0, 0.05) is 13.3 Å². The van der Waals surface area contributed by atoms with Crippen LogP contribution >= 0.6 is 0 Å². The largest absolute Gasteiger partial charge is 0.463 e. The van der Waals surface area contributed by atoms with E-state index in [2.05, 4.69) is 0 Å². The van der Waals surface area contributed by atoms with Crippen LogP contribution in [-0.4, -0.2) is 108 Å². The van der Waals surface area contributed by atoms with Crippen LogP contribution in [0.15, 0.2) is 0 Å². The van der Waals surface area contributed by atoms with E-state index >= 15 is 0 Å². The van der Waals surface area contributed by atoms with Gasteiger partial charge in [-0.1, -0.05) is 6.92 Å². The number of carbonyl (C=O) groups excluding carboxylic acids is 1. The summed E-state index contributed by atoms with van der Waals surface area (Å²) in [7, 11) is 0. The van der Waals surface area contributed by atoms with Crippen molar-refractivity contribution in [3.63, 3.8) is 0 Å². The molecule has 29 heavy (non-hydrogen) atoms. The van der Waals surface area contributed by atoms with Crippen LogP contribution in [0.5, 0.6) is 0 Å². The molecule has 0 bridgehead atoms. The Bertz CT molecular complexity index is 404. The first-order chi connectivity index (χ1) is 13.8. The fourth-order valence-corrected chi connectivity index (χ4v) is 2.64. The third kappa shape index (κ3) is 13.9. The molecule has 0 radical (unpaired) electrons. The Kier molecular flexibility index (Phi) is 16.4. The predicted molar refractivity (Wildman–Crippen MR) is 103 cm³/mol. The second kappa shape index (κ2) is 16.9. The Labute approximate surface area is 172 Å². The van der Waals surface area contributed by atoms with Gasteiger partial charge in [0.05, 0.1) is 51.8 Å². The molecule has 174 valence electrons. The lowest BCUT2D eigenvalue weighted by Gasteiger charge is -2.27. The van der Waals surface area contributed by atoms with Gasteiger partial charge in [-0.05, 0) is 19.8 Å². The maximum atomic E-state index is 10.9. The van der Waals surface area contributed by atoms with Crippen molar-refractivity contribution in [2.75, 3.05) is 39.6 Å². The molecule has 5 atom stereocenters. The van der Waals surface area contributed by atoms with Crippen LogP contribution in [0.2, 0.25) is 0 Å². The fraction of sp³-hybridized carbons (Fsp3) is 0.947. The standard InChI is InChI=1S/C19H38O10/c1-4-16(6-15(25)5-13(2)28-14(3)24)29-19(10-23)12-27-18(9-22)11-26-17(7-20)8-21/h13,15-23,25H,4-12H2,1-3H3. The van der Waals surface area contributed by atoms with E-state index in [4.69, 9.17) is 29.2 Å². The number of aliphatic hydroxyl groups is 5. The minimum atomic E-state index is -0.752. The highest BCUT2D eigenvalue weighted by atomic mass is 16.6. The molecule has 0 heterocycles. The van der Waals surface area contributed by atoms with E-state index in [0.29, 0.717) is 12.8 Å². The van der Waals surface area contributed by atoms with E-state index in [1.807, 2.05) is 6.92 Å². The average molecular weight is 427 g/mol. The highest BCUT2D eigenvalue weighted by Gasteiger charge is 2.22. The van der Waals surface area contributed by atoms with Gasteiger partial charge in [-0.3, -0.25) is 4.79 Å². The number of esters is 1. The molecule has 0 aromatic heterocycles. The van der Waals surface area contributed by atoms with E-state index < -0.39 is 36.5 Å². The Balaban J connectivity index is 4.43. The topological polar surface area (TPSA) is 155 Å². The van der Waals surface area contributed by atoms with Gasteiger partial charge in [-0.25, -0.2) is 0 Å². The van der Waals surface area contributed by atoms with E-state index in [0.717, 1.165) is 0 Å². The van der Waals surface area contributed by atoms with Crippen molar-refractivity contribution in [1.82, 2.24) is 0 Å². The highest BCUT2D eigenvalue weighted by Crippen LogP contribution is 2.15. The summed E-state index contributed by atoms with van der Waals surface area (Å²) in [6.45, 7) is 3.49. The zero-order chi connectivity index (χ0) is 22.2. The number of aliphatic hydroxyl groups excluding tert-OH is 5. The molecular weight excluding hydrogens is 388 g/mol. The van der Waals surface area contributed by atoms with E-state index in [1.165, 1.54) is 6.92 Å². The van der Waals surface area contributed by atoms with Crippen molar-refractivity contribution in [3.05, 3.63) is 0 Å². The third-order valence-corrected chi connectivity index (χ3v) is 4.20. The third-order valence-electron chi connectivity index (χ3n) is 4.20. The number of ether oxygens (including phenoxy) is 4. The smallest absolute Gasteiger partial charge is 0.302 e. The molecule has 0 aliphatic heterocycles. The molecule has 0 rings (SSSR count). The van der Waals surface area contributed by atoms with Gasteiger partial charge in [0.2, 0.25) is 0 Å². The van der Waals surface area contributed by atoms with Crippen LogP contribution in [-0.2, 0) is 23.7 Å². The fourth-order valence-electron chi connectivity index (χ4n) is 2.64. The second-order valence-electron chi connectivity index (χ2n) is 6.97. The number of carbonyl (C=O) groups is 1. The normalized spacial score (nSPS) is 17.0. The molecule has 5 unspecified atom stereocenters. The zero-order valence-electron chi connectivity index (χ0n) is 17.6. The molecule has 0 aromatic carbocycles. The van der Waals surface area contributed by atoms with Gasteiger partial charge < -0.3 is 44.5 Å². The molecule has 0 spiro atoms. The molecular formula is C19H38O10. The summed E-state index contributed by atoms with van der Waals surface area (Å²) in [5.41, 5.74) is 0. The average Bonchev–Trinajstić information content (AvgIpc) is 2.67. The Morgan fingerprint density at radius 1 is 0.828 bits per heavy atom. The lowest BCUT2D eigenvalue weighted by atomic mass is 10.0. The quantitative estimate of drug-likeness (QED) is 0.172.